The molecule has 2 fully saturated rings. The average Bonchev–Trinajstić information content (AvgIpc) is 2.54. The normalized spacial score (nSPS) is 35.5. The lowest BCUT2D eigenvalue weighted by Crippen LogP contribution is -2.66. The molecule has 1 atom stereocenters. The van der Waals surface area contributed by atoms with E-state index in [-0.39, 0.29) is 11.1 Å². The van der Waals surface area contributed by atoms with Crippen LogP contribution in [0.15, 0.2) is 0 Å². The van der Waals surface area contributed by atoms with Crippen LogP contribution in [-0.2, 0) is 9.47 Å². The molecule has 2 saturated heterocycles. The Morgan fingerprint density at radius 2 is 1.94 bits per heavy atom. The number of nitrogens with zero attached hydrogens (tertiary/aromatic N) is 1. The maximum Gasteiger partial charge on any atom is 0.0645 e. The summed E-state index contributed by atoms with van der Waals surface area (Å²) in [5.41, 5.74) is 6.32. The summed E-state index contributed by atoms with van der Waals surface area (Å²) in [6.45, 7) is 9.58. The molecule has 2 aliphatic rings. The van der Waals surface area contributed by atoms with E-state index < -0.39 is 0 Å². The molecule has 4 nitrogen and oxygen atoms in total. The molecule has 0 aliphatic carbocycles. The second-order valence-corrected chi connectivity index (χ2v) is 5.91. The highest BCUT2D eigenvalue weighted by molar-refractivity contribution is 5.00. The fourth-order valence-electron chi connectivity index (χ4n) is 3.31. The van der Waals surface area contributed by atoms with E-state index in [4.69, 9.17) is 15.2 Å². The molecule has 0 bridgehead atoms. The summed E-state index contributed by atoms with van der Waals surface area (Å²) in [5.74, 6) is 0. The van der Waals surface area contributed by atoms with Crippen molar-refractivity contribution in [3.63, 3.8) is 0 Å². The lowest BCUT2D eigenvalue weighted by atomic mass is 9.83. The Kier molecular flexibility index (Phi) is 4.08. The maximum absolute atomic E-state index is 6.12. The van der Waals surface area contributed by atoms with Crippen molar-refractivity contribution < 1.29 is 9.47 Å². The first-order chi connectivity index (χ1) is 8.11. The fraction of sp³-hybridized carbons (Fsp3) is 1.00. The molecule has 0 aromatic carbocycles. The number of hydrogen-bond acceptors (Lipinski definition) is 4. The Labute approximate surface area is 104 Å². The van der Waals surface area contributed by atoms with Crippen LogP contribution < -0.4 is 5.73 Å². The second kappa shape index (κ2) is 5.22. The number of ether oxygens (including phenoxy) is 2. The highest BCUT2D eigenvalue weighted by Crippen LogP contribution is 2.34. The molecule has 0 amide bonds. The van der Waals surface area contributed by atoms with Crippen molar-refractivity contribution in [2.75, 3.05) is 39.5 Å². The maximum atomic E-state index is 6.12. The Morgan fingerprint density at radius 3 is 2.65 bits per heavy atom. The standard InChI is InChI=1S/C13H26N2O2/c1-12(2)11-17-9-6-15(12)13(10-14)4-3-7-16-8-5-13/h3-11,14H2,1-2H3. The van der Waals surface area contributed by atoms with E-state index in [1.807, 2.05) is 0 Å². The lowest BCUT2D eigenvalue weighted by molar-refractivity contribution is -0.108. The van der Waals surface area contributed by atoms with Crippen LogP contribution in [0.2, 0.25) is 0 Å². The minimum Gasteiger partial charge on any atom is -0.381 e. The molecular formula is C13H26N2O2. The first kappa shape index (κ1) is 13.3. The van der Waals surface area contributed by atoms with Crippen LogP contribution in [-0.4, -0.2) is 55.5 Å². The first-order valence-electron chi connectivity index (χ1n) is 6.74. The fourth-order valence-corrected chi connectivity index (χ4v) is 3.31. The monoisotopic (exact) mass is 242 g/mol. The van der Waals surface area contributed by atoms with E-state index >= 15 is 0 Å². The van der Waals surface area contributed by atoms with Gasteiger partial charge in [0.1, 0.15) is 0 Å². The van der Waals surface area contributed by atoms with Crippen LogP contribution in [0.4, 0.5) is 0 Å². The zero-order chi connectivity index (χ0) is 12.4. The largest absolute Gasteiger partial charge is 0.381 e. The summed E-state index contributed by atoms with van der Waals surface area (Å²) in [6, 6.07) is 0. The van der Waals surface area contributed by atoms with Gasteiger partial charge in [-0.05, 0) is 33.1 Å². The highest BCUT2D eigenvalue weighted by Gasteiger charge is 2.44. The molecular weight excluding hydrogens is 216 g/mol. The van der Waals surface area contributed by atoms with Gasteiger partial charge in [0.25, 0.3) is 0 Å². The summed E-state index contributed by atoms with van der Waals surface area (Å²) in [7, 11) is 0. The highest BCUT2D eigenvalue weighted by atomic mass is 16.5. The molecule has 2 rings (SSSR count). The summed E-state index contributed by atoms with van der Waals surface area (Å²) < 4.78 is 11.2. The van der Waals surface area contributed by atoms with Gasteiger partial charge in [-0.15, -0.1) is 0 Å². The number of morpholine rings is 1. The Hall–Kier alpha value is -0.160. The van der Waals surface area contributed by atoms with Crippen LogP contribution in [0, 0.1) is 0 Å². The van der Waals surface area contributed by atoms with Crippen molar-refractivity contribution in [2.24, 2.45) is 5.73 Å². The minimum atomic E-state index is 0.0853. The minimum absolute atomic E-state index is 0.0853. The van der Waals surface area contributed by atoms with Crippen LogP contribution in [0.1, 0.15) is 33.1 Å². The van der Waals surface area contributed by atoms with Gasteiger partial charge in [-0.1, -0.05) is 0 Å². The molecule has 0 radical (unpaired) electrons. The quantitative estimate of drug-likeness (QED) is 0.784. The Balaban J connectivity index is 2.19. The molecule has 2 heterocycles. The number of nitrogens with two attached hydrogens (primary N) is 1. The van der Waals surface area contributed by atoms with Crippen molar-refractivity contribution in [1.29, 1.82) is 0 Å². The third-order valence-electron chi connectivity index (χ3n) is 4.24. The molecule has 0 saturated carbocycles. The molecule has 0 aromatic rings. The van der Waals surface area contributed by atoms with Crippen molar-refractivity contribution in [1.82, 2.24) is 4.90 Å². The van der Waals surface area contributed by atoms with Crippen molar-refractivity contribution in [2.45, 2.75) is 44.2 Å². The van der Waals surface area contributed by atoms with E-state index in [0.717, 1.165) is 58.8 Å². The van der Waals surface area contributed by atoms with Gasteiger partial charge in [0.05, 0.1) is 13.2 Å². The average molecular weight is 242 g/mol. The van der Waals surface area contributed by atoms with E-state index in [9.17, 15) is 0 Å². The summed E-state index contributed by atoms with van der Waals surface area (Å²) in [6.07, 6.45) is 3.31. The number of hydrogen-bond donors (Lipinski definition) is 1. The van der Waals surface area contributed by atoms with E-state index in [1.54, 1.807) is 0 Å². The second-order valence-electron chi connectivity index (χ2n) is 5.91. The van der Waals surface area contributed by atoms with Crippen molar-refractivity contribution in [3.05, 3.63) is 0 Å². The predicted octanol–water partition coefficient (Wildman–Crippen LogP) is 0.995. The zero-order valence-electron chi connectivity index (χ0n) is 11.2. The predicted molar refractivity (Wildman–Crippen MR) is 68.1 cm³/mol. The van der Waals surface area contributed by atoms with Gasteiger partial charge in [0, 0.05) is 37.4 Å². The van der Waals surface area contributed by atoms with Gasteiger partial charge >= 0.3 is 0 Å². The molecule has 4 heteroatoms. The van der Waals surface area contributed by atoms with Crippen molar-refractivity contribution in [3.8, 4) is 0 Å². The third-order valence-corrected chi connectivity index (χ3v) is 4.24. The van der Waals surface area contributed by atoms with Crippen LogP contribution in [0.5, 0.6) is 0 Å². The molecule has 1 unspecified atom stereocenters. The SMILES string of the molecule is CC1(C)COCCN1C1(CN)CCCOCC1. The molecule has 100 valence electrons. The Morgan fingerprint density at radius 1 is 1.12 bits per heavy atom. The molecule has 17 heavy (non-hydrogen) atoms. The summed E-state index contributed by atoms with van der Waals surface area (Å²) in [4.78, 5) is 2.58. The van der Waals surface area contributed by atoms with E-state index in [0.29, 0.717) is 0 Å². The first-order valence-corrected chi connectivity index (χ1v) is 6.74. The molecule has 0 spiro atoms. The van der Waals surface area contributed by atoms with Gasteiger partial charge < -0.3 is 15.2 Å². The van der Waals surface area contributed by atoms with Crippen LogP contribution >= 0.6 is 0 Å². The lowest BCUT2D eigenvalue weighted by Gasteiger charge is -2.53. The van der Waals surface area contributed by atoms with Crippen LogP contribution in [0.3, 0.4) is 0 Å². The van der Waals surface area contributed by atoms with Gasteiger partial charge in [-0.3, -0.25) is 4.90 Å². The molecule has 2 N–H and O–H groups in total. The van der Waals surface area contributed by atoms with E-state index in [2.05, 4.69) is 18.7 Å². The van der Waals surface area contributed by atoms with E-state index in [1.165, 1.54) is 0 Å². The molecule has 2 aliphatic heterocycles. The smallest absolute Gasteiger partial charge is 0.0645 e. The Bertz CT molecular complexity index is 248. The topological polar surface area (TPSA) is 47.7 Å². The number of rotatable bonds is 2. The van der Waals surface area contributed by atoms with Gasteiger partial charge in [-0.2, -0.15) is 0 Å². The molecule has 0 aromatic heterocycles. The van der Waals surface area contributed by atoms with Crippen LogP contribution in [0.25, 0.3) is 0 Å². The van der Waals surface area contributed by atoms with Gasteiger partial charge in [0.15, 0.2) is 0 Å². The third kappa shape index (κ3) is 2.65. The zero-order valence-corrected chi connectivity index (χ0v) is 11.2. The summed E-state index contributed by atoms with van der Waals surface area (Å²) >= 11 is 0. The van der Waals surface area contributed by atoms with Crippen molar-refractivity contribution >= 4 is 0 Å². The summed E-state index contributed by atoms with van der Waals surface area (Å²) in [5, 5.41) is 0. The van der Waals surface area contributed by atoms with Gasteiger partial charge in [0.2, 0.25) is 0 Å². The van der Waals surface area contributed by atoms with Gasteiger partial charge in [-0.25, -0.2) is 0 Å².